The van der Waals surface area contributed by atoms with Crippen LogP contribution in [0.15, 0.2) is 17.2 Å². The molecule has 0 aromatic carbocycles. The number of aromatic nitrogens is 2. The maximum Gasteiger partial charge on any atom is 0.293 e. The van der Waals surface area contributed by atoms with Crippen molar-refractivity contribution in [1.82, 2.24) is 14.9 Å². The monoisotopic (exact) mass is 278 g/mol. The highest BCUT2D eigenvalue weighted by atomic mass is 16.1. The third-order valence-electron chi connectivity index (χ3n) is 4.10. The van der Waals surface area contributed by atoms with E-state index in [2.05, 4.69) is 36.0 Å². The first kappa shape index (κ1) is 15.0. The standard InChI is InChI=1S/C15H26N4O/c1-4-8-18-9-7-16-14(15(18)20)19-11-12(5-2)17-10-13(19)6-3/h7,9,12-13,17H,4-6,8,10-11H2,1-3H3. The van der Waals surface area contributed by atoms with Gasteiger partial charge in [-0.2, -0.15) is 0 Å². The molecule has 1 aromatic heterocycles. The van der Waals surface area contributed by atoms with Gasteiger partial charge in [0.2, 0.25) is 0 Å². The molecular formula is C15H26N4O. The van der Waals surface area contributed by atoms with E-state index in [1.54, 1.807) is 17.0 Å². The zero-order valence-corrected chi connectivity index (χ0v) is 12.8. The fourth-order valence-corrected chi connectivity index (χ4v) is 2.81. The first-order valence-electron chi connectivity index (χ1n) is 7.76. The Morgan fingerprint density at radius 2 is 2.15 bits per heavy atom. The molecule has 0 radical (unpaired) electrons. The summed E-state index contributed by atoms with van der Waals surface area (Å²) in [7, 11) is 0. The molecule has 0 saturated carbocycles. The summed E-state index contributed by atoms with van der Waals surface area (Å²) < 4.78 is 1.78. The molecule has 0 bridgehead atoms. The molecule has 20 heavy (non-hydrogen) atoms. The molecule has 1 aromatic rings. The third-order valence-corrected chi connectivity index (χ3v) is 4.10. The molecule has 1 fully saturated rings. The Bertz CT molecular complexity index is 485. The number of nitrogens with zero attached hydrogens (tertiary/aromatic N) is 3. The van der Waals surface area contributed by atoms with Gasteiger partial charge in [0.1, 0.15) is 0 Å². The van der Waals surface area contributed by atoms with Gasteiger partial charge in [0.05, 0.1) is 0 Å². The lowest BCUT2D eigenvalue weighted by Gasteiger charge is -2.40. The van der Waals surface area contributed by atoms with E-state index in [0.29, 0.717) is 17.9 Å². The van der Waals surface area contributed by atoms with Crippen molar-refractivity contribution in [3.05, 3.63) is 22.7 Å². The lowest BCUT2D eigenvalue weighted by molar-refractivity contribution is 0.375. The molecule has 2 unspecified atom stereocenters. The van der Waals surface area contributed by atoms with Crippen molar-refractivity contribution < 1.29 is 0 Å². The van der Waals surface area contributed by atoms with Crippen LogP contribution in [0.3, 0.4) is 0 Å². The quantitative estimate of drug-likeness (QED) is 0.889. The van der Waals surface area contributed by atoms with Gasteiger partial charge in [0.15, 0.2) is 5.82 Å². The van der Waals surface area contributed by atoms with Crippen LogP contribution in [0.1, 0.15) is 40.0 Å². The summed E-state index contributed by atoms with van der Waals surface area (Å²) in [6.07, 6.45) is 6.59. The molecule has 0 amide bonds. The molecule has 112 valence electrons. The normalized spacial score (nSPS) is 23.1. The van der Waals surface area contributed by atoms with Crippen molar-refractivity contribution in [2.24, 2.45) is 0 Å². The molecule has 1 aliphatic heterocycles. The van der Waals surface area contributed by atoms with Gasteiger partial charge in [-0.05, 0) is 19.3 Å². The van der Waals surface area contributed by atoms with E-state index in [9.17, 15) is 4.79 Å². The molecule has 0 aliphatic carbocycles. The molecule has 1 aliphatic rings. The highest BCUT2D eigenvalue weighted by molar-refractivity contribution is 5.38. The van der Waals surface area contributed by atoms with Crippen LogP contribution in [0.5, 0.6) is 0 Å². The molecular weight excluding hydrogens is 252 g/mol. The lowest BCUT2D eigenvalue weighted by atomic mass is 10.1. The largest absolute Gasteiger partial charge is 0.346 e. The Labute approximate surface area is 121 Å². The van der Waals surface area contributed by atoms with Crippen molar-refractivity contribution in [1.29, 1.82) is 0 Å². The smallest absolute Gasteiger partial charge is 0.293 e. The Kier molecular flexibility index (Phi) is 5.17. The van der Waals surface area contributed by atoms with Gasteiger partial charge < -0.3 is 14.8 Å². The predicted octanol–water partition coefficient (Wildman–Crippen LogP) is 1.62. The van der Waals surface area contributed by atoms with Crippen LogP contribution in [-0.4, -0.2) is 34.7 Å². The summed E-state index contributed by atoms with van der Waals surface area (Å²) in [6.45, 7) is 8.98. The van der Waals surface area contributed by atoms with E-state index in [1.165, 1.54) is 0 Å². The Morgan fingerprint density at radius 1 is 1.35 bits per heavy atom. The predicted molar refractivity (Wildman–Crippen MR) is 82.3 cm³/mol. The molecule has 1 N–H and O–H groups in total. The minimum atomic E-state index is 0.0459. The van der Waals surface area contributed by atoms with Crippen LogP contribution in [-0.2, 0) is 6.54 Å². The average molecular weight is 278 g/mol. The maximum absolute atomic E-state index is 12.6. The topological polar surface area (TPSA) is 50.2 Å². The van der Waals surface area contributed by atoms with Crippen molar-refractivity contribution in [2.45, 2.75) is 58.7 Å². The van der Waals surface area contributed by atoms with E-state index in [-0.39, 0.29) is 5.56 Å². The van der Waals surface area contributed by atoms with E-state index in [0.717, 1.165) is 38.9 Å². The molecule has 5 nitrogen and oxygen atoms in total. The highest BCUT2D eigenvalue weighted by Crippen LogP contribution is 2.17. The summed E-state index contributed by atoms with van der Waals surface area (Å²) in [5.74, 6) is 0.618. The second kappa shape index (κ2) is 6.88. The fourth-order valence-electron chi connectivity index (χ4n) is 2.81. The summed E-state index contributed by atoms with van der Waals surface area (Å²) >= 11 is 0. The van der Waals surface area contributed by atoms with Crippen LogP contribution in [0.2, 0.25) is 0 Å². The fraction of sp³-hybridized carbons (Fsp3) is 0.733. The minimum absolute atomic E-state index is 0.0459. The number of piperazine rings is 1. The van der Waals surface area contributed by atoms with Crippen LogP contribution in [0, 0.1) is 0 Å². The first-order chi connectivity index (χ1) is 9.71. The Hall–Kier alpha value is -1.36. The van der Waals surface area contributed by atoms with Gasteiger partial charge in [-0.25, -0.2) is 4.98 Å². The molecule has 0 spiro atoms. The van der Waals surface area contributed by atoms with Gasteiger partial charge in [-0.3, -0.25) is 4.79 Å². The number of rotatable bonds is 5. The molecule has 2 heterocycles. The number of hydrogen-bond acceptors (Lipinski definition) is 4. The van der Waals surface area contributed by atoms with Crippen molar-refractivity contribution >= 4 is 5.82 Å². The molecule has 2 rings (SSSR count). The van der Waals surface area contributed by atoms with Crippen LogP contribution < -0.4 is 15.8 Å². The van der Waals surface area contributed by atoms with Crippen LogP contribution in [0.4, 0.5) is 5.82 Å². The summed E-state index contributed by atoms with van der Waals surface area (Å²) in [4.78, 5) is 19.1. The van der Waals surface area contributed by atoms with Crippen molar-refractivity contribution in [3.63, 3.8) is 0 Å². The van der Waals surface area contributed by atoms with Gasteiger partial charge in [0.25, 0.3) is 5.56 Å². The number of aryl methyl sites for hydroxylation is 1. The van der Waals surface area contributed by atoms with Crippen molar-refractivity contribution in [2.75, 3.05) is 18.0 Å². The van der Waals surface area contributed by atoms with E-state index < -0.39 is 0 Å². The molecule has 5 heteroatoms. The van der Waals surface area contributed by atoms with E-state index in [1.807, 2.05) is 0 Å². The summed E-state index contributed by atoms with van der Waals surface area (Å²) in [5.41, 5.74) is 0.0459. The van der Waals surface area contributed by atoms with Gasteiger partial charge >= 0.3 is 0 Å². The summed E-state index contributed by atoms with van der Waals surface area (Å²) in [6, 6.07) is 0.800. The van der Waals surface area contributed by atoms with Crippen LogP contribution >= 0.6 is 0 Å². The van der Waals surface area contributed by atoms with E-state index >= 15 is 0 Å². The summed E-state index contributed by atoms with van der Waals surface area (Å²) in [5, 5.41) is 3.55. The number of hydrogen-bond donors (Lipinski definition) is 1. The third kappa shape index (κ3) is 3.03. The molecule has 2 atom stereocenters. The number of nitrogens with one attached hydrogen (secondary N) is 1. The lowest BCUT2D eigenvalue weighted by Crippen LogP contribution is -2.57. The Morgan fingerprint density at radius 3 is 2.80 bits per heavy atom. The van der Waals surface area contributed by atoms with E-state index in [4.69, 9.17) is 0 Å². The SMILES string of the molecule is CCCn1ccnc(N2CC(CC)NCC2CC)c1=O. The van der Waals surface area contributed by atoms with Crippen LogP contribution in [0.25, 0.3) is 0 Å². The van der Waals surface area contributed by atoms with Gasteiger partial charge in [-0.1, -0.05) is 20.8 Å². The van der Waals surface area contributed by atoms with Crippen molar-refractivity contribution in [3.8, 4) is 0 Å². The number of anilines is 1. The average Bonchev–Trinajstić information content (AvgIpc) is 2.49. The first-order valence-corrected chi connectivity index (χ1v) is 7.76. The molecule has 1 saturated heterocycles. The van der Waals surface area contributed by atoms with Gasteiger partial charge in [-0.15, -0.1) is 0 Å². The maximum atomic E-state index is 12.6. The second-order valence-corrected chi connectivity index (χ2v) is 5.48. The zero-order chi connectivity index (χ0) is 14.5. The van der Waals surface area contributed by atoms with Gasteiger partial charge in [0, 0.05) is 44.1 Å². The zero-order valence-electron chi connectivity index (χ0n) is 12.8. The highest BCUT2D eigenvalue weighted by Gasteiger charge is 2.28. The Balaban J connectivity index is 2.32. The minimum Gasteiger partial charge on any atom is -0.346 e. The second-order valence-electron chi connectivity index (χ2n) is 5.48.